The lowest BCUT2D eigenvalue weighted by molar-refractivity contribution is -0.149. The van der Waals surface area contributed by atoms with Gasteiger partial charge in [-0.1, -0.05) is 11.6 Å². The molecule has 1 amide bonds. The molecular formula is C14H18N2O4. The Kier molecular flexibility index (Phi) is 2.84. The molecule has 6 nitrogen and oxygen atoms in total. The number of hydrogen-bond acceptors (Lipinski definition) is 4. The van der Waals surface area contributed by atoms with Crippen LogP contribution in [0.5, 0.6) is 0 Å². The van der Waals surface area contributed by atoms with E-state index in [0.717, 1.165) is 12.8 Å². The van der Waals surface area contributed by atoms with Crippen molar-refractivity contribution in [3.05, 3.63) is 17.0 Å². The van der Waals surface area contributed by atoms with Crippen LogP contribution < -0.4 is 0 Å². The summed E-state index contributed by atoms with van der Waals surface area (Å²) in [6, 6.07) is 0. The van der Waals surface area contributed by atoms with Crippen LogP contribution in [-0.2, 0) is 4.79 Å². The van der Waals surface area contributed by atoms with Gasteiger partial charge >= 0.3 is 5.97 Å². The minimum atomic E-state index is -0.769. The number of aryl methyl sites for hydroxylation is 2. The van der Waals surface area contributed by atoms with E-state index >= 15 is 0 Å². The molecule has 0 aromatic carbocycles. The highest BCUT2D eigenvalue weighted by atomic mass is 16.5. The molecule has 1 saturated heterocycles. The predicted octanol–water partition coefficient (Wildman–Crippen LogP) is 1.62. The average Bonchev–Trinajstić information content (AvgIpc) is 3.01. The Labute approximate surface area is 116 Å². The fraction of sp³-hybridized carbons (Fsp3) is 0.643. The highest BCUT2D eigenvalue weighted by Crippen LogP contribution is 2.49. The summed E-state index contributed by atoms with van der Waals surface area (Å²) in [6.07, 6.45) is 2.49. The van der Waals surface area contributed by atoms with E-state index in [9.17, 15) is 14.7 Å². The number of likely N-dealkylation sites (tertiary alicyclic amines) is 1. The van der Waals surface area contributed by atoms with Crippen molar-refractivity contribution in [3.63, 3.8) is 0 Å². The fourth-order valence-electron chi connectivity index (χ4n) is 3.74. The van der Waals surface area contributed by atoms with E-state index in [1.54, 1.807) is 18.7 Å². The first-order valence-corrected chi connectivity index (χ1v) is 6.91. The number of aliphatic carboxylic acids is 1. The zero-order chi connectivity index (χ0) is 14.5. The summed E-state index contributed by atoms with van der Waals surface area (Å²) in [4.78, 5) is 25.9. The Morgan fingerprint density at radius 3 is 2.75 bits per heavy atom. The molecule has 2 aliphatic rings. The molecule has 1 aromatic rings. The molecule has 0 unspecified atom stereocenters. The number of nitrogens with zero attached hydrogens (tertiary/aromatic N) is 2. The van der Waals surface area contributed by atoms with Crippen LogP contribution in [-0.4, -0.2) is 40.1 Å². The second-order valence-electron chi connectivity index (χ2n) is 5.94. The lowest BCUT2D eigenvalue weighted by Crippen LogP contribution is -2.37. The molecule has 2 atom stereocenters. The molecule has 2 fully saturated rings. The van der Waals surface area contributed by atoms with Crippen molar-refractivity contribution < 1.29 is 19.2 Å². The number of carbonyl (C=O) groups is 2. The minimum Gasteiger partial charge on any atom is -0.481 e. The van der Waals surface area contributed by atoms with Crippen molar-refractivity contribution >= 4 is 11.9 Å². The Hall–Kier alpha value is -1.85. The van der Waals surface area contributed by atoms with Gasteiger partial charge in [-0.05, 0) is 32.6 Å². The average molecular weight is 278 g/mol. The van der Waals surface area contributed by atoms with Gasteiger partial charge in [-0.2, -0.15) is 0 Å². The Balaban J connectivity index is 1.88. The minimum absolute atomic E-state index is 0.0735. The SMILES string of the molecule is Cc1noc(C)c1C(=O)N1C[C@@H]2CCC[C@@]2(C(=O)O)C1. The summed E-state index contributed by atoms with van der Waals surface area (Å²) < 4.78 is 5.03. The van der Waals surface area contributed by atoms with Gasteiger partial charge in [0.1, 0.15) is 11.3 Å². The number of carbonyl (C=O) groups excluding carboxylic acids is 1. The standard InChI is InChI=1S/C14H18N2O4/c1-8-11(9(2)20-15-8)12(17)16-6-10-4-3-5-14(10,7-16)13(18)19/h10H,3-7H2,1-2H3,(H,18,19)/t10-,14+/m0/s1. The van der Waals surface area contributed by atoms with Gasteiger partial charge in [0.15, 0.2) is 0 Å². The van der Waals surface area contributed by atoms with Crippen molar-refractivity contribution in [1.29, 1.82) is 0 Å². The number of rotatable bonds is 2. The normalized spacial score (nSPS) is 28.7. The third-order valence-electron chi connectivity index (χ3n) is 4.83. The lowest BCUT2D eigenvalue weighted by atomic mass is 9.81. The summed E-state index contributed by atoms with van der Waals surface area (Å²) >= 11 is 0. The predicted molar refractivity (Wildman–Crippen MR) is 69.3 cm³/mol. The molecule has 108 valence electrons. The maximum absolute atomic E-state index is 12.6. The van der Waals surface area contributed by atoms with Gasteiger partial charge in [-0.25, -0.2) is 0 Å². The number of fused-ring (bicyclic) bond motifs is 1. The molecule has 2 heterocycles. The molecule has 6 heteroatoms. The molecular weight excluding hydrogens is 260 g/mol. The zero-order valence-corrected chi connectivity index (χ0v) is 11.7. The maximum atomic E-state index is 12.6. The number of hydrogen-bond donors (Lipinski definition) is 1. The summed E-state index contributed by atoms with van der Waals surface area (Å²) in [5, 5.41) is 13.3. The van der Waals surface area contributed by atoms with Crippen molar-refractivity contribution in [2.24, 2.45) is 11.3 Å². The number of amides is 1. The number of aromatic nitrogens is 1. The highest BCUT2D eigenvalue weighted by molar-refractivity contribution is 5.97. The van der Waals surface area contributed by atoms with Crippen LogP contribution in [0.1, 0.15) is 41.1 Å². The largest absolute Gasteiger partial charge is 0.481 e. The van der Waals surface area contributed by atoms with Crippen LogP contribution in [0, 0.1) is 25.2 Å². The van der Waals surface area contributed by atoms with Gasteiger partial charge in [0.05, 0.1) is 11.1 Å². The van der Waals surface area contributed by atoms with E-state index in [-0.39, 0.29) is 11.8 Å². The van der Waals surface area contributed by atoms with Crippen LogP contribution >= 0.6 is 0 Å². The molecule has 1 aliphatic carbocycles. The first-order valence-electron chi connectivity index (χ1n) is 6.91. The second kappa shape index (κ2) is 4.33. The molecule has 1 aromatic heterocycles. The van der Waals surface area contributed by atoms with Crippen LogP contribution in [0.15, 0.2) is 4.52 Å². The molecule has 3 rings (SSSR count). The van der Waals surface area contributed by atoms with E-state index in [1.165, 1.54) is 0 Å². The van der Waals surface area contributed by atoms with Crippen molar-refractivity contribution in [2.45, 2.75) is 33.1 Å². The van der Waals surface area contributed by atoms with E-state index in [1.807, 2.05) is 0 Å². The summed E-state index contributed by atoms with van der Waals surface area (Å²) in [6.45, 7) is 4.26. The first kappa shape index (κ1) is 13.1. The van der Waals surface area contributed by atoms with Crippen molar-refractivity contribution in [3.8, 4) is 0 Å². The molecule has 1 saturated carbocycles. The van der Waals surface area contributed by atoms with Crippen molar-refractivity contribution in [2.75, 3.05) is 13.1 Å². The third kappa shape index (κ3) is 1.67. The molecule has 0 radical (unpaired) electrons. The van der Waals surface area contributed by atoms with E-state index < -0.39 is 11.4 Å². The molecule has 1 N–H and O–H groups in total. The highest BCUT2D eigenvalue weighted by Gasteiger charge is 2.56. The topological polar surface area (TPSA) is 83.6 Å². The van der Waals surface area contributed by atoms with Gasteiger partial charge in [0, 0.05) is 13.1 Å². The van der Waals surface area contributed by atoms with Crippen LogP contribution in [0.3, 0.4) is 0 Å². The van der Waals surface area contributed by atoms with E-state index in [4.69, 9.17) is 4.52 Å². The Morgan fingerprint density at radius 2 is 2.20 bits per heavy atom. The van der Waals surface area contributed by atoms with E-state index in [0.29, 0.717) is 36.5 Å². The lowest BCUT2D eigenvalue weighted by Gasteiger charge is -2.23. The number of carboxylic acids is 1. The summed E-state index contributed by atoms with van der Waals surface area (Å²) in [5.41, 5.74) is 0.300. The molecule has 0 spiro atoms. The van der Waals surface area contributed by atoms with Gasteiger partial charge in [-0.3, -0.25) is 9.59 Å². The van der Waals surface area contributed by atoms with Gasteiger partial charge in [0.2, 0.25) is 0 Å². The van der Waals surface area contributed by atoms with Gasteiger partial charge in [-0.15, -0.1) is 0 Å². The van der Waals surface area contributed by atoms with Gasteiger partial charge < -0.3 is 14.5 Å². The van der Waals surface area contributed by atoms with Crippen LogP contribution in [0.25, 0.3) is 0 Å². The first-order chi connectivity index (χ1) is 9.45. The van der Waals surface area contributed by atoms with Crippen LogP contribution in [0.4, 0.5) is 0 Å². The van der Waals surface area contributed by atoms with Crippen molar-refractivity contribution in [1.82, 2.24) is 10.1 Å². The smallest absolute Gasteiger partial charge is 0.311 e. The monoisotopic (exact) mass is 278 g/mol. The molecule has 0 bridgehead atoms. The fourth-order valence-corrected chi connectivity index (χ4v) is 3.74. The quantitative estimate of drug-likeness (QED) is 0.888. The second-order valence-corrected chi connectivity index (χ2v) is 5.94. The zero-order valence-electron chi connectivity index (χ0n) is 11.7. The Morgan fingerprint density at radius 1 is 1.45 bits per heavy atom. The summed E-state index contributed by atoms with van der Waals surface area (Å²) in [5.74, 6) is -0.358. The summed E-state index contributed by atoms with van der Waals surface area (Å²) in [7, 11) is 0. The third-order valence-corrected chi connectivity index (χ3v) is 4.83. The van der Waals surface area contributed by atoms with Crippen LogP contribution in [0.2, 0.25) is 0 Å². The molecule has 20 heavy (non-hydrogen) atoms. The molecule has 1 aliphatic heterocycles. The Bertz CT molecular complexity index is 560. The van der Waals surface area contributed by atoms with E-state index in [2.05, 4.69) is 5.16 Å². The maximum Gasteiger partial charge on any atom is 0.311 e. The number of carboxylic acid groups (broad SMARTS) is 1. The van der Waals surface area contributed by atoms with Gasteiger partial charge in [0.25, 0.3) is 5.91 Å².